The molecule has 1 atom stereocenters. The zero-order chi connectivity index (χ0) is 20.8. The van der Waals surface area contributed by atoms with Gasteiger partial charge in [0.25, 0.3) is 11.6 Å². The fourth-order valence-corrected chi connectivity index (χ4v) is 3.47. The predicted molar refractivity (Wildman–Crippen MR) is 109 cm³/mol. The standard InChI is InChI=1S/C20H17N3O5S/c21-15-9-8-14(11-16(15)23(26)27)20(25)28-12-18(24)22-19(17-7-4-10-29-17)13-5-2-1-3-6-13/h1-11,19H,12,21H2,(H,22,24)/t19-/m1/s1. The number of ether oxygens (including phenoxy) is 1. The molecule has 0 radical (unpaired) electrons. The first kappa shape index (κ1) is 20.0. The van der Waals surface area contributed by atoms with Crippen LogP contribution in [0.15, 0.2) is 66.0 Å². The highest BCUT2D eigenvalue weighted by molar-refractivity contribution is 7.10. The molecule has 1 amide bonds. The van der Waals surface area contributed by atoms with Gasteiger partial charge in [0.05, 0.1) is 16.5 Å². The summed E-state index contributed by atoms with van der Waals surface area (Å²) in [5, 5.41) is 15.7. The van der Waals surface area contributed by atoms with Crippen molar-refractivity contribution in [2.75, 3.05) is 12.3 Å². The second-order valence-corrected chi connectivity index (χ2v) is 7.01. The normalized spacial score (nSPS) is 11.4. The number of nitrogen functional groups attached to an aromatic ring is 1. The molecule has 0 aliphatic carbocycles. The SMILES string of the molecule is Nc1ccc(C(=O)OCC(=O)N[C@H](c2ccccc2)c2cccs2)cc1[N+](=O)[O-]. The number of nitro benzene ring substituents is 1. The number of esters is 1. The number of amides is 1. The highest BCUT2D eigenvalue weighted by Crippen LogP contribution is 2.26. The minimum absolute atomic E-state index is 0.0587. The lowest BCUT2D eigenvalue weighted by Gasteiger charge is -2.18. The average molecular weight is 411 g/mol. The van der Waals surface area contributed by atoms with Crippen LogP contribution in [-0.4, -0.2) is 23.4 Å². The summed E-state index contributed by atoms with van der Waals surface area (Å²) in [6.45, 7) is -0.522. The molecule has 0 spiro atoms. The minimum atomic E-state index is -0.851. The molecule has 9 heteroatoms. The molecule has 3 rings (SSSR count). The molecule has 0 aliphatic heterocycles. The smallest absolute Gasteiger partial charge is 0.338 e. The van der Waals surface area contributed by atoms with Gasteiger partial charge in [-0.05, 0) is 29.1 Å². The molecule has 8 nitrogen and oxygen atoms in total. The van der Waals surface area contributed by atoms with Crippen molar-refractivity contribution < 1.29 is 19.2 Å². The van der Waals surface area contributed by atoms with E-state index >= 15 is 0 Å². The Morgan fingerprint density at radius 1 is 1.14 bits per heavy atom. The first-order chi connectivity index (χ1) is 14.0. The Kier molecular flexibility index (Phi) is 6.20. The van der Waals surface area contributed by atoms with E-state index in [-0.39, 0.29) is 17.3 Å². The summed E-state index contributed by atoms with van der Waals surface area (Å²) < 4.78 is 5.01. The summed E-state index contributed by atoms with van der Waals surface area (Å²) in [7, 11) is 0. The van der Waals surface area contributed by atoms with Gasteiger partial charge in [0.2, 0.25) is 0 Å². The second kappa shape index (κ2) is 8.98. The van der Waals surface area contributed by atoms with Crippen molar-refractivity contribution in [3.05, 3.63) is 92.2 Å². The van der Waals surface area contributed by atoms with E-state index in [0.717, 1.165) is 16.5 Å². The Bertz CT molecular complexity index is 1020. The zero-order valence-electron chi connectivity index (χ0n) is 15.1. The molecule has 3 aromatic rings. The fourth-order valence-electron chi connectivity index (χ4n) is 2.67. The van der Waals surface area contributed by atoms with E-state index in [1.165, 1.54) is 23.5 Å². The number of rotatable bonds is 7. The van der Waals surface area contributed by atoms with Gasteiger partial charge in [-0.2, -0.15) is 0 Å². The first-order valence-electron chi connectivity index (χ1n) is 8.54. The number of hydrogen-bond donors (Lipinski definition) is 2. The Labute approximate surface area is 170 Å². The number of thiophene rings is 1. The van der Waals surface area contributed by atoms with Gasteiger partial charge < -0.3 is 15.8 Å². The van der Waals surface area contributed by atoms with E-state index in [2.05, 4.69) is 5.32 Å². The summed E-state index contributed by atoms with van der Waals surface area (Å²) in [4.78, 5) is 35.7. The van der Waals surface area contributed by atoms with Gasteiger partial charge in [0, 0.05) is 10.9 Å². The molecular formula is C20H17N3O5S. The molecule has 1 aromatic heterocycles. The molecule has 0 aliphatic rings. The van der Waals surface area contributed by atoms with E-state index in [4.69, 9.17) is 10.5 Å². The zero-order valence-corrected chi connectivity index (χ0v) is 15.9. The maximum absolute atomic E-state index is 12.4. The number of nitro groups is 1. The van der Waals surface area contributed by atoms with E-state index < -0.39 is 29.1 Å². The summed E-state index contributed by atoms with van der Waals surface area (Å²) in [6, 6.07) is 16.4. The van der Waals surface area contributed by atoms with Crippen LogP contribution in [0.3, 0.4) is 0 Å². The van der Waals surface area contributed by atoms with Crippen molar-refractivity contribution in [3.8, 4) is 0 Å². The van der Waals surface area contributed by atoms with Crippen LogP contribution in [0.2, 0.25) is 0 Å². The van der Waals surface area contributed by atoms with Gasteiger partial charge >= 0.3 is 5.97 Å². The van der Waals surface area contributed by atoms with Crippen molar-refractivity contribution in [1.82, 2.24) is 5.32 Å². The van der Waals surface area contributed by atoms with Gasteiger partial charge in [-0.25, -0.2) is 4.79 Å². The maximum atomic E-state index is 12.4. The van der Waals surface area contributed by atoms with Gasteiger partial charge in [-0.1, -0.05) is 36.4 Å². The van der Waals surface area contributed by atoms with Crippen LogP contribution in [0.1, 0.15) is 26.8 Å². The summed E-state index contributed by atoms with van der Waals surface area (Å²) >= 11 is 1.50. The van der Waals surface area contributed by atoms with Gasteiger partial charge in [0.1, 0.15) is 5.69 Å². The first-order valence-corrected chi connectivity index (χ1v) is 9.42. The highest BCUT2D eigenvalue weighted by Gasteiger charge is 2.20. The molecule has 29 heavy (non-hydrogen) atoms. The lowest BCUT2D eigenvalue weighted by atomic mass is 10.1. The average Bonchev–Trinajstić information content (AvgIpc) is 3.25. The van der Waals surface area contributed by atoms with E-state index in [1.54, 1.807) is 0 Å². The third-order valence-electron chi connectivity index (χ3n) is 4.06. The van der Waals surface area contributed by atoms with E-state index in [1.807, 2.05) is 47.8 Å². The third kappa shape index (κ3) is 4.96. The van der Waals surface area contributed by atoms with Crippen molar-refractivity contribution in [2.24, 2.45) is 0 Å². The van der Waals surface area contributed by atoms with Crippen LogP contribution >= 0.6 is 11.3 Å². The second-order valence-electron chi connectivity index (χ2n) is 6.03. The number of hydrogen-bond acceptors (Lipinski definition) is 7. The lowest BCUT2D eigenvalue weighted by molar-refractivity contribution is -0.383. The molecule has 0 saturated carbocycles. The molecule has 1 heterocycles. The number of nitrogens with zero attached hydrogens (tertiary/aromatic N) is 1. The van der Waals surface area contributed by atoms with Crippen LogP contribution in [0.25, 0.3) is 0 Å². The quantitative estimate of drug-likeness (QED) is 0.266. The van der Waals surface area contributed by atoms with Crippen LogP contribution in [0.4, 0.5) is 11.4 Å². The van der Waals surface area contributed by atoms with Crippen LogP contribution in [-0.2, 0) is 9.53 Å². The fraction of sp³-hybridized carbons (Fsp3) is 0.100. The summed E-state index contributed by atoms with van der Waals surface area (Å²) in [5.74, 6) is -1.35. The van der Waals surface area contributed by atoms with Crippen molar-refractivity contribution >= 4 is 34.6 Å². The number of nitrogens with two attached hydrogens (primary N) is 1. The molecule has 2 aromatic carbocycles. The maximum Gasteiger partial charge on any atom is 0.338 e. The van der Waals surface area contributed by atoms with Gasteiger partial charge in [-0.3, -0.25) is 14.9 Å². The van der Waals surface area contributed by atoms with E-state index in [9.17, 15) is 19.7 Å². The van der Waals surface area contributed by atoms with Crippen LogP contribution in [0.5, 0.6) is 0 Å². The Morgan fingerprint density at radius 2 is 1.90 bits per heavy atom. The lowest BCUT2D eigenvalue weighted by Crippen LogP contribution is -2.32. The van der Waals surface area contributed by atoms with Crippen molar-refractivity contribution in [2.45, 2.75) is 6.04 Å². The molecule has 148 valence electrons. The van der Waals surface area contributed by atoms with E-state index in [0.29, 0.717) is 0 Å². The molecule has 0 bridgehead atoms. The number of benzene rings is 2. The molecule has 0 saturated heterocycles. The van der Waals surface area contributed by atoms with Crippen molar-refractivity contribution in [1.29, 1.82) is 0 Å². The third-order valence-corrected chi connectivity index (χ3v) is 5.00. The van der Waals surface area contributed by atoms with Gasteiger partial charge in [0.15, 0.2) is 6.61 Å². The largest absolute Gasteiger partial charge is 0.452 e. The molecule has 3 N–H and O–H groups in total. The molecule has 0 fully saturated rings. The number of anilines is 1. The number of nitrogens with one attached hydrogen (secondary N) is 1. The van der Waals surface area contributed by atoms with Gasteiger partial charge in [-0.15, -0.1) is 11.3 Å². The number of carbonyl (C=O) groups excluding carboxylic acids is 2. The summed E-state index contributed by atoms with van der Waals surface area (Å²) in [5.41, 5.74) is 5.88. The molecule has 0 unspecified atom stereocenters. The highest BCUT2D eigenvalue weighted by atomic mass is 32.1. The molecular weight excluding hydrogens is 394 g/mol. The Hall–Kier alpha value is -3.72. The minimum Gasteiger partial charge on any atom is -0.452 e. The predicted octanol–water partition coefficient (Wildman–Crippen LogP) is 3.30. The monoisotopic (exact) mass is 411 g/mol. The topological polar surface area (TPSA) is 125 Å². The summed E-state index contributed by atoms with van der Waals surface area (Å²) in [6.07, 6.45) is 0. The Balaban J connectivity index is 1.66. The Morgan fingerprint density at radius 3 is 2.55 bits per heavy atom. The van der Waals surface area contributed by atoms with Crippen molar-refractivity contribution in [3.63, 3.8) is 0 Å². The number of carbonyl (C=O) groups is 2. The van der Waals surface area contributed by atoms with Crippen LogP contribution < -0.4 is 11.1 Å². The van der Waals surface area contributed by atoms with Crippen LogP contribution in [0, 0.1) is 10.1 Å².